The Morgan fingerprint density at radius 1 is 1.16 bits per heavy atom. The van der Waals surface area contributed by atoms with Crippen molar-refractivity contribution in [2.24, 2.45) is 0 Å². The highest BCUT2D eigenvalue weighted by molar-refractivity contribution is 6.05. The molecule has 2 aromatic carbocycles. The van der Waals surface area contributed by atoms with Crippen molar-refractivity contribution in [2.75, 3.05) is 5.32 Å². The molecule has 0 radical (unpaired) electrons. The van der Waals surface area contributed by atoms with Gasteiger partial charge in [-0.15, -0.1) is 0 Å². The average molecular weight is 255 g/mol. The average Bonchev–Trinajstić information content (AvgIpc) is 2.43. The van der Waals surface area contributed by atoms with Gasteiger partial charge in [0.25, 0.3) is 5.91 Å². The number of carbonyl (C=O) groups excluding carboxylic acids is 1. The number of aryl methyl sites for hydroxylation is 2. The summed E-state index contributed by atoms with van der Waals surface area (Å²) in [6, 6.07) is 12.6. The van der Waals surface area contributed by atoms with Crippen LogP contribution in [0.3, 0.4) is 0 Å². The highest BCUT2D eigenvalue weighted by Crippen LogP contribution is 2.24. The maximum absolute atomic E-state index is 12.1. The molecule has 0 aromatic heterocycles. The van der Waals surface area contributed by atoms with Crippen molar-refractivity contribution < 1.29 is 9.90 Å². The molecule has 0 heterocycles. The van der Waals surface area contributed by atoms with E-state index in [1.165, 1.54) is 5.56 Å². The number of carbonyl (C=O) groups is 1. The van der Waals surface area contributed by atoms with Crippen LogP contribution in [0.25, 0.3) is 0 Å². The summed E-state index contributed by atoms with van der Waals surface area (Å²) in [7, 11) is 0. The number of nitrogens with one attached hydrogen (secondary N) is 1. The van der Waals surface area contributed by atoms with Crippen LogP contribution in [-0.4, -0.2) is 11.0 Å². The molecule has 0 bridgehead atoms. The number of benzene rings is 2. The van der Waals surface area contributed by atoms with Crippen LogP contribution < -0.4 is 5.32 Å². The Hall–Kier alpha value is -2.29. The van der Waals surface area contributed by atoms with Gasteiger partial charge in [0.15, 0.2) is 0 Å². The molecule has 98 valence electrons. The summed E-state index contributed by atoms with van der Waals surface area (Å²) in [5.74, 6) is -0.146. The standard InChI is InChI=1S/C16H17NO2/c1-3-12-5-7-13(8-6-12)16(19)17-14-10-11(2)4-9-15(14)18/h4-10,18H,3H2,1-2H3,(H,17,19). The van der Waals surface area contributed by atoms with Gasteiger partial charge in [-0.1, -0.05) is 25.1 Å². The minimum Gasteiger partial charge on any atom is -0.506 e. The van der Waals surface area contributed by atoms with Gasteiger partial charge in [0.1, 0.15) is 5.75 Å². The van der Waals surface area contributed by atoms with E-state index in [0.29, 0.717) is 11.3 Å². The van der Waals surface area contributed by atoms with Gasteiger partial charge in [0.2, 0.25) is 0 Å². The third-order valence-electron chi connectivity index (χ3n) is 3.02. The molecule has 0 aliphatic rings. The molecular weight excluding hydrogens is 238 g/mol. The number of hydrogen-bond donors (Lipinski definition) is 2. The molecule has 0 saturated heterocycles. The number of rotatable bonds is 3. The molecular formula is C16H17NO2. The van der Waals surface area contributed by atoms with Gasteiger partial charge in [-0.2, -0.15) is 0 Å². The van der Waals surface area contributed by atoms with Crippen LogP contribution in [0, 0.1) is 6.92 Å². The van der Waals surface area contributed by atoms with Crippen LogP contribution in [0.2, 0.25) is 0 Å². The summed E-state index contributed by atoms with van der Waals surface area (Å²) in [5, 5.41) is 12.4. The Bertz CT molecular complexity index is 588. The normalized spacial score (nSPS) is 10.2. The van der Waals surface area contributed by atoms with E-state index in [1.807, 2.05) is 19.1 Å². The van der Waals surface area contributed by atoms with E-state index in [-0.39, 0.29) is 11.7 Å². The molecule has 3 heteroatoms. The number of phenolic OH excluding ortho intramolecular Hbond substituents is 1. The first-order valence-corrected chi connectivity index (χ1v) is 6.30. The fraction of sp³-hybridized carbons (Fsp3) is 0.188. The zero-order chi connectivity index (χ0) is 13.8. The van der Waals surface area contributed by atoms with Crippen LogP contribution in [0.4, 0.5) is 5.69 Å². The van der Waals surface area contributed by atoms with Gasteiger partial charge < -0.3 is 10.4 Å². The fourth-order valence-electron chi connectivity index (χ4n) is 1.84. The highest BCUT2D eigenvalue weighted by atomic mass is 16.3. The second-order valence-electron chi connectivity index (χ2n) is 4.53. The van der Waals surface area contributed by atoms with E-state index in [2.05, 4.69) is 12.2 Å². The van der Waals surface area contributed by atoms with Gasteiger partial charge in [0, 0.05) is 5.56 Å². The maximum atomic E-state index is 12.1. The van der Waals surface area contributed by atoms with Crippen molar-refractivity contribution in [3.8, 4) is 5.75 Å². The Morgan fingerprint density at radius 2 is 1.84 bits per heavy atom. The summed E-state index contributed by atoms with van der Waals surface area (Å²) in [6.07, 6.45) is 0.945. The lowest BCUT2D eigenvalue weighted by Gasteiger charge is -2.08. The van der Waals surface area contributed by atoms with Crippen molar-refractivity contribution in [1.29, 1.82) is 0 Å². The lowest BCUT2D eigenvalue weighted by Crippen LogP contribution is -2.12. The first-order chi connectivity index (χ1) is 9.10. The summed E-state index contributed by atoms with van der Waals surface area (Å²) >= 11 is 0. The van der Waals surface area contributed by atoms with Crippen molar-refractivity contribution in [3.63, 3.8) is 0 Å². The predicted molar refractivity (Wildman–Crippen MR) is 76.6 cm³/mol. The van der Waals surface area contributed by atoms with Crippen LogP contribution in [-0.2, 0) is 6.42 Å². The molecule has 2 aromatic rings. The Morgan fingerprint density at radius 3 is 2.47 bits per heavy atom. The predicted octanol–water partition coefficient (Wildman–Crippen LogP) is 3.52. The molecule has 0 spiro atoms. The largest absolute Gasteiger partial charge is 0.506 e. The van der Waals surface area contributed by atoms with E-state index >= 15 is 0 Å². The zero-order valence-electron chi connectivity index (χ0n) is 11.1. The minimum absolute atomic E-state index is 0.0733. The first kappa shape index (κ1) is 13.1. The quantitative estimate of drug-likeness (QED) is 0.824. The lowest BCUT2D eigenvalue weighted by atomic mass is 10.1. The molecule has 0 unspecified atom stereocenters. The first-order valence-electron chi connectivity index (χ1n) is 6.30. The number of phenols is 1. The molecule has 0 aliphatic carbocycles. The highest BCUT2D eigenvalue weighted by Gasteiger charge is 2.08. The molecule has 19 heavy (non-hydrogen) atoms. The number of anilines is 1. The van der Waals surface area contributed by atoms with E-state index in [9.17, 15) is 9.90 Å². The fourth-order valence-corrected chi connectivity index (χ4v) is 1.84. The van der Waals surface area contributed by atoms with Crippen LogP contribution >= 0.6 is 0 Å². The SMILES string of the molecule is CCc1ccc(C(=O)Nc2cc(C)ccc2O)cc1. The van der Waals surface area contributed by atoms with Crippen molar-refractivity contribution in [2.45, 2.75) is 20.3 Å². The topological polar surface area (TPSA) is 49.3 Å². The number of amides is 1. The molecule has 2 rings (SSSR count). The van der Waals surface area contributed by atoms with Gasteiger partial charge >= 0.3 is 0 Å². The van der Waals surface area contributed by atoms with Crippen LogP contribution in [0.1, 0.15) is 28.4 Å². The maximum Gasteiger partial charge on any atom is 0.255 e. The van der Waals surface area contributed by atoms with Gasteiger partial charge in [-0.25, -0.2) is 0 Å². The molecule has 0 aliphatic heterocycles. The minimum atomic E-state index is -0.219. The van der Waals surface area contributed by atoms with Gasteiger partial charge in [0.05, 0.1) is 5.69 Å². The third-order valence-corrected chi connectivity index (χ3v) is 3.02. The Balaban J connectivity index is 2.18. The van der Waals surface area contributed by atoms with E-state index in [4.69, 9.17) is 0 Å². The summed E-state index contributed by atoms with van der Waals surface area (Å²) in [6.45, 7) is 3.98. The summed E-state index contributed by atoms with van der Waals surface area (Å²) in [5.41, 5.74) is 3.19. The third kappa shape index (κ3) is 3.13. The monoisotopic (exact) mass is 255 g/mol. The number of hydrogen-bond acceptors (Lipinski definition) is 2. The molecule has 0 atom stereocenters. The zero-order valence-corrected chi connectivity index (χ0v) is 11.1. The lowest BCUT2D eigenvalue weighted by molar-refractivity contribution is 0.102. The molecule has 1 amide bonds. The van der Waals surface area contributed by atoms with Gasteiger partial charge in [-0.3, -0.25) is 4.79 Å². The van der Waals surface area contributed by atoms with Crippen molar-refractivity contribution in [3.05, 3.63) is 59.2 Å². The van der Waals surface area contributed by atoms with Crippen LogP contribution in [0.15, 0.2) is 42.5 Å². The summed E-state index contributed by atoms with van der Waals surface area (Å²) < 4.78 is 0. The Labute approximate surface area is 112 Å². The van der Waals surface area contributed by atoms with E-state index in [1.54, 1.807) is 30.3 Å². The van der Waals surface area contributed by atoms with Crippen molar-refractivity contribution in [1.82, 2.24) is 0 Å². The smallest absolute Gasteiger partial charge is 0.255 e. The molecule has 0 saturated carbocycles. The molecule has 3 nitrogen and oxygen atoms in total. The number of aromatic hydroxyl groups is 1. The second kappa shape index (κ2) is 5.57. The second-order valence-corrected chi connectivity index (χ2v) is 4.53. The Kier molecular flexibility index (Phi) is 3.85. The van der Waals surface area contributed by atoms with E-state index < -0.39 is 0 Å². The van der Waals surface area contributed by atoms with Crippen LogP contribution in [0.5, 0.6) is 5.75 Å². The molecule has 0 fully saturated rings. The van der Waals surface area contributed by atoms with E-state index in [0.717, 1.165) is 12.0 Å². The van der Waals surface area contributed by atoms with Crippen molar-refractivity contribution >= 4 is 11.6 Å². The molecule has 2 N–H and O–H groups in total. The van der Waals surface area contributed by atoms with Gasteiger partial charge in [-0.05, 0) is 48.7 Å². The summed E-state index contributed by atoms with van der Waals surface area (Å²) in [4.78, 5) is 12.1.